The monoisotopic (exact) mass is 417 g/mol. The molecule has 0 radical (unpaired) electrons. The van der Waals surface area contributed by atoms with Gasteiger partial charge in [-0.05, 0) is 30.4 Å². The van der Waals surface area contributed by atoms with E-state index in [1.165, 1.54) is 29.5 Å². The van der Waals surface area contributed by atoms with Crippen molar-refractivity contribution < 1.29 is 9.59 Å². The van der Waals surface area contributed by atoms with E-state index in [4.69, 9.17) is 0 Å². The van der Waals surface area contributed by atoms with E-state index in [2.05, 4.69) is 25.4 Å². The van der Waals surface area contributed by atoms with Crippen LogP contribution in [0.5, 0.6) is 0 Å². The summed E-state index contributed by atoms with van der Waals surface area (Å²) in [4.78, 5) is 31.7. The first kappa shape index (κ1) is 20.9. The highest BCUT2D eigenvalue weighted by Gasteiger charge is 2.25. The van der Waals surface area contributed by atoms with Gasteiger partial charge in [-0.25, -0.2) is 0 Å². The van der Waals surface area contributed by atoms with Gasteiger partial charge in [0.15, 0.2) is 4.80 Å². The van der Waals surface area contributed by atoms with Crippen LogP contribution in [0.15, 0.2) is 41.9 Å². The van der Waals surface area contributed by atoms with Crippen molar-refractivity contribution in [2.75, 3.05) is 24.6 Å². The largest absolute Gasteiger partial charge is 0.341 e. The Labute approximate surface area is 174 Å². The van der Waals surface area contributed by atoms with Crippen molar-refractivity contribution in [3.05, 3.63) is 41.7 Å². The first-order valence-corrected chi connectivity index (χ1v) is 11.6. The predicted molar refractivity (Wildman–Crippen MR) is 117 cm³/mol. The van der Waals surface area contributed by atoms with Crippen molar-refractivity contribution in [1.29, 1.82) is 0 Å². The lowest BCUT2D eigenvalue weighted by molar-refractivity contribution is -0.130. The lowest BCUT2D eigenvalue weighted by atomic mass is 9.92. The normalized spacial score (nSPS) is 20.5. The fourth-order valence-electron chi connectivity index (χ4n) is 3.73. The van der Waals surface area contributed by atoms with Crippen molar-refractivity contribution in [3.63, 3.8) is 0 Å². The van der Waals surface area contributed by atoms with Gasteiger partial charge in [0.1, 0.15) is 0 Å². The summed E-state index contributed by atoms with van der Waals surface area (Å²) < 4.78 is 3.09. The van der Waals surface area contributed by atoms with Crippen LogP contribution >= 0.6 is 23.1 Å². The molecule has 1 aliphatic rings. The molecule has 1 fully saturated rings. The highest BCUT2D eigenvalue weighted by atomic mass is 32.2. The van der Waals surface area contributed by atoms with Crippen molar-refractivity contribution in [2.24, 2.45) is 16.8 Å². The minimum absolute atomic E-state index is 0.125. The summed E-state index contributed by atoms with van der Waals surface area (Å²) in [5.41, 5.74) is 1.05. The molecule has 1 aromatic carbocycles. The molecule has 2 heterocycles. The number of benzene rings is 1. The number of fused-ring (bicyclic) bond motifs is 1. The lowest BCUT2D eigenvalue weighted by Gasteiger charge is -2.35. The molecular weight excluding hydrogens is 390 g/mol. The molecule has 2 atom stereocenters. The van der Waals surface area contributed by atoms with Crippen LogP contribution in [0.1, 0.15) is 20.3 Å². The van der Waals surface area contributed by atoms with E-state index in [0.29, 0.717) is 28.9 Å². The zero-order chi connectivity index (χ0) is 20.1. The van der Waals surface area contributed by atoms with E-state index in [0.717, 1.165) is 23.3 Å². The van der Waals surface area contributed by atoms with E-state index in [9.17, 15) is 9.59 Å². The molecule has 0 spiro atoms. The second-order valence-corrected chi connectivity index (χ2v) is 9.49. The van der Waals surface area contributed by atoms with Crippen molar-refractivity contribution in [1.82, 2.24) is 9.47 Å². The van der Waals surface area contributed by atoms with E-state index in [1.807, 2.05) is 33.7 Å². The number of carbonyl (C=O) groups excluding carboxylic acids is 2. The topological polar surface area (TPSA) is 54.7 Å². The molecule has 0 saturated carbocycles. The highest BCUT2D eigenvalue weighted by molar-refractivity contribution is 8.00. The molecule has 0 N–H and O–H groups in total. The number of allylic oxidation sites excluding steroid dienone is 1. The Kier molecular flexibility index (Phi) is 7.13. The van der Waals surface area contributed by atoms with E-state index >= 15 is 0 Å². The zero-order valence-electron chi connectivity index (χ0n) is 16.5. The second-order valence-electron chi connectivity index (χ2n) is 7.49. The summed E-state index contributed by atoms with van der Waals surface area (Å²) in [6.07, 6.45) is 2.98. The Morgan fingerprint density at radius 3 is 2.68 bits per heavy atom. The van der Waals surface area contributed by atoms with Gasteiger partial charge in [-0.3, -0.25) is 9.59 Å². The molecule has 2 amide bonds. The van der Waals surface area contributed by atoms with Gasteiger partial charge in [0.2, 0.25) is 5.91 Å². The van der Waals surface area contributed by atoms with Gasteiger partial charge >= 0.3 is 0 Å². The maximum absolute atomic E-state index is 12.4. The summed E-state index contributed by atoms with van der Waals surface area (Å²) in [6, 6.07) is 8.00. The molecular formula is C21H27N3O2S2. The minimum atomic E-state index is -0.206. The second kappa shape index (κ2) is 9.56. The number of carbonyl (C=O) groups is 2. The molecule has 1 aliphatic heterocycles. The van der Waals surface area contributed by atoms with Gasteiger partial charge in [0.25, 0.3) is 5.91 Å². The Morgan fingerprint density at radius 1 is 1.25 bits per heavy atom. The molecule has 2 aromatic rings. The quantitative estimate of drug-likeness (QED) is 0.676. The Morgan fingerprint density at radius 2 is 1.96 bits per heavy atom. The highest BCUT2D eigenvalue weighted by Crippen LogP contribution is 2.21. The number of amides is 2. The summed E-state index contributed by atoms with van der Waals surface area (Å²) >= 11 is 2.85. The van der Waals surface area contributed by atoms with Crippen LogP contribution in [0.3, 0.4) is 0 Å². The van der Waals surface area contributed by atoms with Gasteiger partial charge in [-0.15, -0.1) is 18.3 Å². The summed E-state index contributed by atoms with van der Waals surface area (Å²) in [7, 11) is 0. The molecule has 0 aliphatic carbocycles. The summed E-state index contributed by atoms with van der Waals surface area (Å²) in [5, 5.41) is 0. The van der Waals surface area contributed by atoms with Gasteiger partial charge in [-0.1, -0.05) is 43.4 Å². The van der Waals surface area contributed by atoms with Gasteiger partial charge in [-0.2, -0.15) is 4.99 Å². The smallest absolute Gasteiger partial charge is 0.258 e. The number of hydrogen-bond donors (Lipinski definition) is 0. The Bertz CT molecular complexity index is 921. The number of thioether (sulfide) groups is 1. The number of thiazole rings is 1. The molecule has 1 saturated heterocycles. The third-order valence-corrected chi connectivity index (χ3v) is 6.75. The molecule has 1 aromatic heterocycles. The van der Waals surface area contributed by atoms with Crippen molar-refractivity contribution >= 4 is 45.1 Å². The number of aromatic nitrogens is 1. The number of rotatable bonds is 6. The van der Waals surface area contributed by atoms with Gasteiger partial charge < -0.3 is 9.47 Å². The number of piperidine rings is 1. The van der Waals surface area contributed by atoms with E-state index in [1.54, 1.807) is 6.08 Å². The van der Waals surface area contributed by atoms with Crippen molar-refractivity contribution in [3.8, 4) is 0 Å². The molecule has 28 heavy (non-hydrogen) atoms. The standard InChI is InChI=1S/C21H27N3O2S2/c1-4-9-24-17-7-5-6-8-18(17)28-21(24)22-19(25)13-27-14-20(26)23-11-15(2)10-16(3)12-23/h4-8,15-16H,1,9-14H2,2-3H3/t15-,16-/m0/s1. The van der Waals surface area contributed by atoms with Crippen LogP contribution in [-0.4, -0.2) is 45.9 Å². The number of hydrogen-bond acceptors (Lipinski definition) is 4. The third-order valence-electron chi connectivity index (χ3n) is 4.79. The summed E-state index contributed by atoms with van der Waals surface area (Å²) in [6.45, 7) is 10.4. The maximum Gasteiger partial charge on any atom is 0.258 e. The predicted octanol–water partition coefficient (Wildman–Crippen LogP) is 3.55. The van der Waals surface area contributed by atoms with Crippen LogP contribution in [0, 0.1) is 11.8 Å². The van der Waals surface area contributed by atoms with Crippen molar-refractivity contribution in [2.45, 2.75) is 26.8 Å². The van der Waals surface area contributed by atoms with E-state index in [-0.39, 0.29) is 17.6 Å². The molecule has 7 heteroatoms. The first-order valence-electron chi connectivity index (χ1n) is 9.60. The fraction of sp³-hybridized carbons (Fsp3) is 0.476. The minimum Gasteiger partial charge on any atom is -0.341 e. The van der Waals surface area contributed by atoms with Gasteiger partial charge in [0, 0.05) is 19.6 Å². The van der Waals surface area contributed by atoms with E-state index < -0.39 is 0 Å². The first-order chi connectivity index (χ1) is 13.5. The molecule has 0 unspecified atom stereocenters. The van der Waals surface area contributed by atoms with Gasteiger partial charge in [0.05, 0.1) is 21.7 Å². The number of para-hydroxylation sites is 1. The molecule has 0 bridgehead atoms. The maximum atomic E-state index is 12.4. The lowest BCUT2D eigenvalue weighted by Crippen LogP contribution is -2.43. The fourth-order valence-corrected chi connectivity index (χ4v) is 5.49. The van der Waals surface area contributed by atoms with Crippen LogP contribution in [0.2, 0.25) is 0 Å². The summed E-state index contributed by atoms with van der Waals surface area (Å²) in [5.74, 6) is 1.56. The Balaban J connectivity index is 1.61. The number of nitrogens with zero attached hydrogens (tertiary/aromatic N) is 3. The van der Waals surface area contributed by atoms with Crippen LogP contribution in [-0.2, 0) is 16.1 Å². The third kappa shape index (κ3) is 5.14. The molecule has 5 nitrogen and oxygen atoms in total. The molecule has 3 rings (SSSR count). The average Bonchev–Trinajstić information content (AvgIpc) is 2.98. The number of likely N-dealkylation sites (tertiary alicyclic amines) is 1. The van der Waals surface area contributed by atoms with Crippen LogP contribution in [0.25, 0.3) is 10.2 Å². The van der Waals surface area contributed by atoms with Crippen LogP contribution in [0.4, 0.5) is 0 Å². The SMILES string of the molecule is C=CCn1c(=NC(=O)CSCC(=O)N2C[C@@H](C)C[C@H](C)C2)sc2ccccc21. The zero-order valence-corrected chi connectivity index (χ0v) is 18.1. The Hall–Kier alpha value is -1.86. The van der Waals surface area contributed by atoms with Crippen LogP contribution < -0.4 is 4.80 Å². The molecule has 150 valence electrons. The average molecular weight is 418 g/mol.